The summed E-state index contributed by atoms with van der Waals surface area (Å²) in [6.45, 7) is 6.67. The van der Waals surface area contributed by atoms with Crippen LogP contribution in [0, 0.1) is 0 Å². The van der Waals surface area contributed by atoms with Crippen molar-refractivity contribution in [3.8, 4) is 22.8 Å². The lowest BCUT2D eigenvalue weighted by Crippen LogP contribution is -2.10. The number of fused-ring (bicyclic) bond motifs is 3. The van der Waals surface area contributed by atoms with Crippen molar-refractivity contribution in [1.82, 2.24) is 20.2 Å². The van der Waals surface area contributed by atoms with E-state index in [2.05, 4.69) is 84.5 Å². The van der Waals surface area contributed by atoms with Gasteiger partial charge in [0.25, 0.3) is 11.1 Å². The zero-order chi connectivity index (χ0) is 24.7. The molecule has 0 amide bonds. The number of nitrogens with zero attached hydrogens (tertiary/aromatic N) is 3. The first-order valence-electron chi connectivity index (χ1n) is 12.0. The molecule has 0 aliphatic heterocycles. The third kappa shape index (κ3) is 4.29. The Kier molecular flexibility index (Phi) is 5.61. The fraction of sp³-hybridized carbons (Fsp3) is 0.167. The summed E-state index contributed by atoms with van der Waals surface area (Å²) in [5.41, 5.74) is 7.32. The van der Waals surface area contributed by atoms with Crippen LogP contribution in [0.5, 0.6) is 0 Å². The molecule has 0 spiro atoms. The first-order valence-corrected chi connectivity index (χ1v) is 13.0. The summed E-state index contributed by atoms with van der Waals surface area (Å²) >= 11 is 1.54. The molecule has 0 radical (unpaired) electrons. The van der Waals surface area contributed by atoms with Gasteiger partial charge in [-0.25, -0.2) is 4.98 Å². The van der Waals surface area contributed by atoms with Gasteiger partial charge in [0.2, 0.25) is 0 Å². The van der Waals surface area contributed by atoms with E-state index in [0.29, 0.717) is 16.8 Å². The second kappa shape index (κ2) is 8.95. The molecule has 1 N–H and O–H groups in total. The van der Waals surface area contributed by atoms with E-state index in [4.69, 9.17) is 9.40 Å². The van der Waals surface area contributed by atoms with Crippen molar-refractivity contribution in [2.24, 2.45) is 0 Å². The van der Waals surface area contributed by atoms with Gasteiger partial charge in [0, 0.05) is 27.6 Å². The lowest BCUT2D eigenvalue weighted by molar-refractivity contribution is 0.464. The first-order chi connectivity index (χ1) is 17.5. The summed E-state index contributed by atoms with van der Waals surface area (Å²) in [6.07, 6.45) is 0. The van der Waals surface area contributed by atoms with Crippen molar-refractivity contribution in [3.63, 3.8) is 0 Å². The largest absolute Gasteiger partial charge is 0.410 e. The maximum atomic E-state index is 6.07. The van der Waals surface area contributed by atoms with Crippen LogP contribution in [0.25, 0.3) is 44.6 Å². The number of para-hydroxylation sites is 1. The van der Waals surface area contributed by atoms with Gasteiger partial charge in [0.1, 0.15) is 5.69 Å². The highest BCUT2D eigenvalue weighted by Crippen LogP contribution is 2.35. The van der Waals surface area contributed by atoms with Crippen molar-refractivity contribution in [1.29, 1.82) is 0 Å². The SMILES string of the molecule is CC(C)(C)c1ccc(CSc2nnc(-c3cc4c([nH]c5ccccc54)c(-c4ccccc4)n3)o2)cc1. The Bertz CT molecular complexity index is 1660. The van der Waals surface area contributed by atoms with Crippen LogP contribution < -0.4 is 0 Å². The summed E-state index contributed by atoms with van der Waals surface area (Å²) < 4.78 is 6.07. The molecule has 0 saturated carbocycles. The lowest BCUT2D eigenvalue weighted by Gasteiger charge is -2.19. The molecule has 0 fully saturated rings. The molecule has 0 aliphatic rings. The van der Waals surface area contributed by atoms with Gasteiger partial charge in [-0.3, -0.25) is 0 Å². The third-order valence-electron chi connectivity index (χ3n) is 6.35. The lowest BCUT2D eigenvalue weighted by atomic mass is 9.87. The normalized spacial score (nSPS) is 12.0. The summed E-state index contributed by atoms with van der Waals surface area (Å²) in [6, 6.07) is 29.2. The molecule has 0 atom stereocenters. The first kappa shape index (κ1) is 22.6. The van der Waals surface area contributed by atoms with Gasteiger partial charge >= 0.3 is 0 Å². The second-order valence-electron chi connectivity index (χ2n) is 9.92. The van der Waals surface area contributed by atoms with Crippen molar-refractivity contribution in [3.05, 3.63) is 96.1 Å². The molecule has 6 rings (SSSR count). The molecule has 5 nitrogen and oxygen atoms in total. The van der Waals surface area contributed by atoms with E-state index in [9.17, 15) is 0 Å². The van der Waals surface area contributed by atoms with Crippen LogP contribution in [-0.2, 0) is 11.2 Å². The van der Waals surface area contributed by atoms with Crippen molar-refractivity contribution < 1.29 is 4.42 Å². The maximum Gasteiger partial charge on any atom is 0.277 e. The molecule has 3 aromatic carbocycles. The van der Waals surface area contributed by atoms with Crippen LogP contribution >= 0.6 is 11.8 Å². The zero-order valence-electron chi connectivity index (χ0n) is 20.4. The molecule has 0 bridgehead atoms. The van der Waals surface area contributed by atoms with Crippen molar-refractivity contribution in [2.75, 3.05) is 0 Å². The molecule has 3 aromatic heterocycles. The second-order valence-corrected chi connectivity index (χ2v) is 10.9. The molecule has 0 unspecified atom stereocenters. The Morgan fingerprint density at radius 3 is 2.36 bits per heavy atom. The molecule has 6 heteroatoms. The summed E-state index contributed by atoms with van der Waals surface area (Å²) in [4.78, 5) is 8.51. The van der Waals surface area contributed by atoms with E-state index < -0.39 is 0 Å². The van der Waals surface area contributed by atoms with Crippen molar-refractivity contribution >= 4 is 33.6 Å². The number of rotatable bonds is 5. The Morgan fingerprint density at radius 2 is 1.58 bits per heavy atom. The summed E-state index contributed by atoms with van der Waals surface area (Å²) in [5.74, 6) is 1.18. The van der Waals surface area contributed by atoms with Crippen LogP contribution in [0.2, 0.25) is 0 Å². The van der Waals surface area contributed by atoms with Crippen LogP contribution in [0.3, 0.4) is 0 Å². The highest BCUT2D eigenvalue weighted by Gasteiger charge is 2.18. The number of H-pyrrole nitrogens is 1. The minimum Gasteiger partial charge on any atom is -0.410 e. The smallest absolute Gasteiger partial charge is 0.277 e. The number of aromatic nitrogens is 4. The van der Waals surface area contributed by atoms with E-state index >= 15 is 0 Å². The molecule has 0 aliphatic carbocycles. The van der Waals surface area contributed by atoms with Crippen LogP contribution in [0.4, 0.5) is 0 Å². The van der Waals surface area contributed by atoms with E-state index in [1.807, 2.05) is 36.4 Å². The number of benzene rings is 3. The third-order valence-corrected chi connectivity index (χ3v) is 7.24. The molecular weight excluding hydrogens is 464 g/mol. The minimum atomic E-state index is 0.143. The van der Waals surface area contributed by atoms with E-state index in [1.54, 1.807) is 0 Å². The fourth-order valence-corrected chi connectivity index (χ4v) is 5.10. The van der Waals surface area contributed by atoms with Gasteiger partial charge in [0.15, 0.2) is 0 Å². The molecule has 36 heavy (non-hydrogen) atoms. The van der Waals surface area contributed by atoms with Gasteiger partial charge in [-0.15, -0.1) is 10.2 Å². The quantitative estimate of drug-likeness (QED) is 0.248. The van der Waals surface area contributed by atoms with Crippen LogP contribution in [-0.4, -0.2) is 20.2 Å². The number of aromatic amines is 1. The Hall–Kier alpha value is -3.90. The van der Waals surface area contributed by atoms with E-state index in [-0.39, 0.29) is 5.41 Å². The maximum absolute atomic E-state index is 6.07. The fourth-order valence-electron chi connectivity index (χ4n) is 4.38. The number of hydrogen-bond acceptors (Lipinski definition) is 5. The Balaban J connectivity index is 1.33. The number of hydrogen-bond donors (Lipinski definition) is 1. The average Bonchev–Trinajstić information content (AvgIpc) is 3.52. The van der Waals surface area contributed by atoms with Gasteiger partial charge in [-0.05, 0) is 28.7 Å². The van der Waals surface area contributed by atoms with E-state index in [1.165, 1.54) is 22.9 Å². The standard InChI is InChI=1S/C30H26N4OS/c1-30(2,3)21-15-13-19(14-16-21)18-36-29-34-33-28(35-29)25-17-23-22-11-7-8-12-24(22)31-27(23)26(32-25)20-9-5-4-6-10-20/h4-17,31H,18H2,1-3H3. The van der Waals surface area contributed by atoms with E-state index in [0.717, 1.165) is 38.8 Å². The Morgan fingerprint density at radius 1 is 0.833 bits per heavy atom. The number of pyridine rings is 1. The Labute approximate surface area is 214 Å². The van der Waals surface area contributed by atoms with Gasteiger partial charge in [0.05, 0.1) is 11.2 Å². The molecule has 6 aromatic rings. The predicted octanol–water partition coefficient (Wildman–Crippen LogP) is 8.02. The molecule has 3 heterocycles. The summed E-state index contributed by atoms with van der Waals surface area (Å²) in [5, 5.41) is 11.4. The summed E-state index contributed by atoms with van der Waals surface area (Å²) in [7, 11) is 0. The number of thioether (sulfide) groups is 1. The van der Waals surface area contributed by atoms with Crippen LogP contribution in [0.1, 0.15) is 31.9 Å². The minimum absolute atomic E-state index is 0.143. The zero-order valence-corrected chi connectivity index (χ0v) is 21.3. The van der Waals surface area contributed by atoms with Gasteiger partial charge in [-0.2, -0.15) is 0 Å². The topological polar surface area (TPSA) is 67.6 Å². The number of nitrogens with one attached hydrogen (secondary N) is 1. The van der Waals surface area contributed by atoms with Crippen LogP contribution in [0.15, 0.2) is 94.6 Å². The van der Waals surface area contributed by atoms with Gasteiger partial charge in [-0.1, -0.05) is 105 Å². The van der Waals surface area contributed by atoms with Gasteiger partial charge < -0.3 is 9.40 Å². The predicted molar refractivity (Wildman–Crippen MR) is 147 cm³/mol. The molecule has 0 saturated heterocycles. The molecular formula is C30H26N4OS. The highest BCUT2D eigenvalue weighted by atomic mass is 32.2. The molecule has 178 valence electrons. The van der Waals surface area contributed by atoms with Crippen molar-refractivity contribution in [2.45, 2.75) is 37.2 Å². The monoisotopic (exact) mass is 490 g/mol. The highest BCUT2D eigenvalue weighted by molar-refractivity contribution is 7.98. The average molecular weight is 491 g/mol.